The van der Waals surface area contributed by atoms with Crippen molar-refractivity contribution in [1.82, 2.24) is 25.1 Å². The molecule has 1 saturated heterocycles. The largest absolute Gasteiger partial charge is 0.450 e. The third kappa shape index (κ3) is 6.23. The highest BCUT2D eigenvalue weighted by atomic mass is 16.6. The van der Waals surface area contributed by atoms with Crippen LogP contribution in [0.15, 0.2) is 47.7 Å². The number of piperidine rings is 1. The van der Waals surface area contributed by atoms with E-state index in [1.54, 1.807) is 4.90 Å². The van der Waals surface area contributed by atoms with E-state index in [-0.39, 0.29) is 12.1 Å². The molecule has 3 rings (SSSR count). The zero-order valence-electron chi connectivity index (χ0n) is 17.9. The van der Waals surface area contributed by atoms with E-state index in [0.717, 1.165) is 37.7 Å². The van der Waals surface area contributed by atoms with Crippen LogP contribution >= 0.6 is 0 Å². The molecular formula is C22H32N6O2. The topological polar surface area (TPSA) is 83.8 Å². The van der Waals surface area contributed by atoms with Gasteiger partial charge in [-0.2, -0.15) is 0 Å². The Morgan fingerprint density at radius 3 is 2.70 bits per heavy atom. The lowest BCUT2D eigenvalue weighted by Crippen LogP contribution is -2.49. The van der Waals surface area contributed by atoms with E-state index in [2.05, 4.69) is 39.2 Å². The lowest BCUT2D eigenvalue weighted by molar-refractivity contribution is 0.0963. The Balaban J connectivity index is 1.56. The molecule has 0 saturated carbocycles. The van der Waals surface area contributed by atoms with Gasteiger partial charge in [0.2, 0.25) is 0 Å². The van der Waals surface area contributed by atoms with E-state index in [1.165, 1.54) is 5.56 Å². The van der Waals surface area contributed by atoms with Crippen LogP contribution in [0.25, 0.3) is 0 Å². The first kappa shape index (κ1) is 21.7. The molecular weight excluding hydrogens is 380 g/mol. The highest BCUT2D eigenvalue weighted by Crippen LogP contribution is 2.12. The first-order chi connectivity index (χ1) is 14.7. The monoisotopic (exact) mass is 412 g/mol. The number of ether oxygens (including phenoxy) is 1. The van der Waals surface area contributed by atoms with Crippen molar-refractivity contribution in [2.45, 2.75) is 45.8 Å². The SMILES string of the molecule is CCNC(=NCc1nccn1Cc1ccccc1)NC1CCN(C(=O)OCC)CC1. The zero-order valence-corrected chi connectivity index (χ0v) is 17.9. The summed E-state index contributed by atoms with van der Waals surface area (Å²) in [7, 11) is 0. The average Bonchev–Trinajstić information content (AvgIpc) is 3.20. The minimum absolute atomic E-state index is 0.221. The molecule has 2 heterocycles. The lowest BCUT2D eigenvalue weighted by Gasteiger charge is -2.32. The van der Waals surface area contributed by atoms with Crippen LogP contribution < -0.4 is 10.6 Å². The Kier molecular flexibility index (Phi) is 8.11. The third-order valence-corrected chi connectivity index (χ3v) is 5.08. The third-order valence-electron chi connectivity index (χ3n) is 5.08. The zero-order chi connectivity index (χ0) is 21.2. The van der Waals surface area contributed by atoms with Gasteiger partial charge < -0.3 is 24.8 Å². The van der Waals surface area contributed by atoms with Crippen LogP contribution in [0.1, 0.15) is 38.1 Å². The summed E-state index contributed by atoms with van der Waals surface area (Å²) in [6, 6.07) is 10.6. The lowest BCUT2D eigenvalue weighted by atomic mass is 10.1. The number of carbonyl (C=O) groups excluding carboxylic acids is 1. The van der Waals surface area contributed by atoms with Gasteiger partial charge in [-0.05, 0) is 32.3 Å². The number of rotatable bonds is 7. The number of nitrogens with one attached hydrogen (secondary N) is 2. The maximum atomic E-state index is 11.9. The van der Waals surface area contributed by atoms with Gasteiger partial charge in [-0.25, -0.2) is 14.8 Å². The molecule has 2 aromatic rings. The second-order valence-corrected chi connectivity index (χ2v) is 7.26. The van der Waals surface area contributed by atoms with E-state index in [1.807, 2.05) is 37.5 Å². The molecule has 8 heteroatoms. The summed E-state index contributed by atoms with van der Waals surface area (Å²) in [5, 5.41) is 6.82. The summed E-state index contributed by atoms with van der Waals surface area (Å²) >= 11 is 0. The van der Waals surface area contributed by atoms with Crippen molar-refractivity contribution >= 4 is 12.1 Å². The van der Waals surface area contributed by atoms with Crippen molar-refractivity contribution in [3.8, 4) is 0 Å². The van der Waals surface area contributed by atoms with Crippen molar-refractivity contribution in [3.63, 3.8) is 0 Å². The van der Waals surface area contributed by atoms with E-state index < -0.39 is 0 Å². The molecule has 8 nitrogen and oxygen atoms in total. The first-order valence-corrected chi connectivity index (χ1v) is 10.7. The van der Waals surface area contributed by atoms with Crippen LogP contribution in [0.5, 0.6) is 0 Å². The van der Waals surface area contributed by atoms with Crippen LogP contribution in [-0.4, -0.2) is 58.8 Å². The van der Waals surface area contributed by atoms with Crippen LogP contribution in [0.3, 0.4) is 0 Å². The van der Waals surface area contributed by atoms with Gasteiger partial charge in [-0.3, -0.25) is 0 Å². The summed E-state index contributed by atoms with van der Waals surface area (Å²) in [5.74, 6) is 1.70. The smallest absolute Gasteiger partial charge is 0.409 e. The number of amides is 1. The number of carbonyl (C=O) groups is 1. The molecule has 1 amide bonds. The minimum Gasteiger partial charge on any atom is -0.450 e. The molecule has 1 aromatic heterocycles. The number of nitrogens with zero attached hydrogens (tertiary/aromatic N) is 4. The second-order valence-electron chi connectivity index (χ2n) is 7.26. The Morgan fingerprint density at radius 2 is 2.00 bits per heavy atom. The predicted molar refractivity (Wildman–Crippen MR) is 117 cm³/mol. The highest BCUT2D eigenvalue weighted by molar-refractivity contribution is 5.80. The van der Waals surface area contributed by atoms with Gasteiger partial charge in [0.15, 0.2) is 5.96 Å². The van der Waals surface area contributed by atoms with Crippen LogP contribution in [0.2, 0.25) is 0 Å². The van der Waals surface area contributed by atoms with E-state index in [0.29, 0.717) is 26.2 Å². The first-order valence-electron chi connectivity index (χ1n) is 10.7. The number of benzene rings is 1. The van der Waals surface area contributed by atoms with Gasteiger partial charge in [-0.1, -0.05) is 30.3 Å². The van der Waals surface area contributed by atoms with Crippen LogP contribution in [-0.2, 0) is 17.8 Å². The van der Waals surface area contributed by atoms with Crippen molar-refractivity contribution < 1.29 is 9.53 Å². The second kappa shape index (κ2) is 11.2. The Morgan fingerprint density at radius 1 is 1.23 bits per heavy atom. The quantitative estimate of drug-likeness (QED) is 0.540. The molecule has 1 aromatic carbocycles. The van der Waals surface area contributed by atoms with E-state index >= 15 is 0 Å². The normalized spacial score (nSPS) is 15.1. The summed E-state index contributed by atoms with van der Waals surface area (Å²) in [6.07, 6.45) is 5.32. The van der Waals surface area contributed by atoms with Crippen molar-refractivity contribution in [2.24, 2.45) is 4.99 Å². The number of aromatic nitrogens is 2. The fourth-order valence-electron chi connectivity index (χ4n) is 3.50. The van der Waals surface area contributed by atoms with E-state index in [4.69, 9.17) is 9.73 Å². The molecule has 0 unspecified atom stereocenters. The van der Waals surface area contributed by atoms with E-state index in [9.17, 15) is 4.79 Å². The van der Waals surface area contributed by atoms with Crippen molar-refractivity contribution in [2.75, 3.05) is 26.2 Å². The van der Waals surface area contributed by atoms with Crippen molar-refractivity contribution in [1.29, 1.82) is 0 Å². The molecule has 30 heavy (non-hydrogen) atoms. The number of hydrogen-bond donors (Lipinski definition) is 2. The standard InChI is InChI=1S/C22H32N6O2/c1-3-23-21(26-19-10-13-27(14-11-19)22(29)30-4-2)25-16-20-24-12-15-28(20)17-18-8-6-5-7-9-18/h5-9,12,15,19H,3-4,10-11,13-14,16-17H2,1-2H3,(H2,23,25,26). The number of likely N-dealkylation sites (tertiary alicyclic amines) is 1. The number of hydrogen-bond acceptors (Lipinski definition) is 4. The molecule has 162 valence electrons. The van der Waals surface area contributed by atoms with Gasteiger partial charge in [0.1, 0.15) is 12.4 Å². The van der Waals surface area contributed by atoms with Gasteiger partial charge in [0.25, 0.3) is 0 Å². The summed E-state index contributed by atoms with van der Waals surface area (Å²) in [6.45, 7) is 7.74. The fraction of sp³-hybridized carbons (Fsp3) is 0.500. The molecule has 1 aliphatic heterocycles. The number of aliphatic imine (C=N–C) groups is 1. The van der Waals surface area contributed by atoms with Gasteiger partial charge in [0, 0.05) is 44.6 Å². The highest BCUT2D eigenvalue weighted by Gasteiger charge is 2.24. The maximum Gasteiger partial charge on any atom is 0.409 e. The molecule has 1 aliphatic rings. The molecule has 0 radical (unpaired) electrons. The molecule has 2 N–H and O–H groups in total. The summed E-state index contributed by atoms with van der Waals surface area (Å²) in [4.78, 5) is 22.9. The molecule has 0 aliphatic carbocycles. The molecule has 0 spiro atoms. The average molecular weight is 413 g/mol. The molecule has 0 bridgehead atoms. The predicted octanol–water partition coefficient (Wildman–Crippen LogP) is 2.61. The van der Waals surface area contributed by atoms with Crippen LogP contribution in [0.4, 0.5) is 4.79 Å². The van der Waals surface area contributed by atoms with Gasteiger partial charge in [-0.15, -0.1) is 0 Å². The van der Waals surface area contributed by atoms with Crippen LogP contribution in [0, 0.1) is 0 Å². The van der Waals surface area contributed by atoms with Gasteiger partial charge in [0.05, 0.1) is 6.61 Å². The number of imidazole rings is 1. The summed E-state index contributed by atoms with van der Waals surface area (Å²) in [5.41, 5.74) is 1.24. The minimum atomic E-state index is -0.221. The Bertz CT molecular complexity index is 812. The maximum absolute atomic E-state index is 11.9. The molecule has 0 atom stereocenters. The summed E-state index contributed by atoms with van der Waals surface area (Å²) < 4.78 is 7.22. The van der Waals surface area contributed by atoms with Crippen molar-refractivity contribution in [3.05, 3.63) is 54.1 Å². The number of guanidine groups is 1. The Hall–Kier alpha value is -3.03. The van der Waals surface area contributed by atoms with Gasteiger partial charge >= 0.3 is 6.09 Å². The Labute approximate surface area is 178 Å². The molecule has 1 fully saturated rings. The fourth-order valence-corrected chi connectivity index (χ4v) is 3.50.